The van der Waals surface area contributed by atoms with Crippen LogP contribution in [0.15, 0.2) is 59.7 Å². The van der Waals surface area contributed by atoms with Gasteiger partial charge in [-0.25, -0.2) is 14.0 Å². The van der Waals surface area contributed by atoms with Gasteiger partial charge in [-0.1, -0.05) is 49.7 Å². The molecule has 1 aromatic heterocycles. The molecule has 23 heavy (non-hydrogen) atoms. The van der Waals surface area contributed by atoms with Crippen LogP contribution in [0.4, 0.5) is 0 Å². The molecular weight excluding hydrogens is 310 g/mol. The fraction of sp³-hybridized carbons (Fsp3) is 0.222. The highest BCUT2D eigenvalue weighted by Gasteiger charge is 2.08. The largest absolute Gasteiger partial charge is 0.350 e. The summed E-state index contributed by atoms with van der Waals surface area (Å²) >= 11 is 5.88. The van der Waals surface area contributed by atoms with Gasteiger partial charge in [0.15, 0.2) is 0 Å². The fourth-order valence-electron chi connectivity index (χ4n) is 2.41. The van der Waals surface area contributed by atoms with Crippen LogP contribution < -0.4 is 5.69 Å². The van der Waals surface area contributed by atoms with Crippen LogP contribution in [0.2, 0.25) is 5.02 Å². The Hall–Kier alpha value is -2.33. The van der Waals surface area contributed by atoms with Gasteiger partial charge in [0.2, 0.25) is 0 Å². The van der Waals surface area contributed by atoms with Gasteiger partial charge in [-0.05, 0) is 41.3 Å². The van der Waals surface area contributed by atoms with Crippen molar-refractivity contribution in [1.82, 2.24) is 14.3 Å². The minimum absolute atomic E-state index is 0.155. The van der Waals surface area contributed by atoms with Crippen molar-refractivity contribution in [2.75, 3.05) is 0 Å². The normalized spacial score (nSPS) is 11.1. The maximum absolute atomic E-state index is 12.5. The average molecular weight is 328 g/mol. The van der Waals surface area contributed by atoms with Gasteiger partial charge in [0.1, 0.15) is 6.33 Å². The summed E-state index contributed by atoms with van der Waals surface area (Å²) in [6.45, 7) is 4.71. The Balaban J connectivity index is 1.87. The van der Waals surface area contributed by atoms with E-state index in [1.807, 2.05) is 48.5 Å². The zero-order valence-corrected chi connectivity index (χ0v) is 13.9. The zero-order chi connectivity index (χ0) is 16.4. The number of nitrogens with zero attached hydrogens (tertiary/aromatic N) is 3. The van der Waals surface area contributed by atoms with Crippen molar-refractivity contribution < 1.29 is 0 Å². The maximum atomic E-state index is 12.5. The second-order valence-corrected chi connectivity index (χ2v) is 6.25. The summed E-state index contributed by atoms with van der Waals surface area (Å²) in [5.74, 6) is 0.466. The van der Waals surface area contributed by atoms with E-state index >= 15 is 0 Å². The summed E-state index contributed by atoms with van der Waals surface area (Å²) in [6, 6.07) is 15.4. The molecule has 0 saturated carbocycles. The van der Waals surface area contributed by atoms with Crippen molar-refractivity contribution in [2.24, 2.45) is 0 Å². The predicted molar refractivity (Wildman–Crippen MR) is 92.5 cm³/mol. The molecule has 0 aliphatic heterocycles. The molecular formula is C18H18ClN3O. The summed E-state index contributed by atoms with van der Waals surface area (Å²) in [5, 5.41) is 4.88. The Morgan fingerprint density at radius 2 is 1.70 bits per heavy atom. The first-order chi connectivity index (χ1) is 11.0. The molecule has 118 valence electrons. The lowest BCUT2D eigenvalue weighted by Gasteiger charge is -2.06. The van der Waals surface area contributed by atoms with E-state index in [1.54, 1.807) is 10.9 Å². The number of halogens is 1. The van der Waals surface area contributed by atoms with Crippen LogP contribution in [0.5, 0.6) is 0 Å². The van der Waals surface area contributed by atoms with Gasteiger partial charge in [0.25, 0.3) is 0 Å². The maximum Gasteiger partial charge on any atom is 0.350 e. The molecule has 0 saturated heterocycles. The van der Waals surface area contributed by atoms with E-state index < -0.39 is 0 Å². The van der Waals surface area contributed by atoms with Gasteiger partial charge in [0.05, 0.1) is 12.2 Å². The zero-order valence-electron chi connectivity index (χ0n) is 13.1. The SMILES string of the molecule is CC(C)c1ccc(-n2cnn(Cc3ccc(Cl)cc3)c2=O)cc1. The van der Waals surface area contributed by atoms with Crippen LogP contribution in [0.3, 0.4) is 0 Å². The van der Waals surface area contributed by atoms with Gasteiger partial charge in [-0.3, -0.25) is 0 Å². The van der Waals surface area contributed by atoms with Crippen LogP contribution in [0.25, 0.3) is 5.69 Å². The third-order valence-electron chi connectivity index (χ3n) is 3.82. The summed E-state index contributed by atoms with van der Waals surface area (Å²) in [6.07, 6.45) is 1.56. The van der Waals surface area contributed by atoms with Crippen molar-refractivity contribution in [2.45, 2.75) is 26.3 Å². The van der Waals surface area contributed by atoms with Gasteiger partial charge in [0, 0.05) is 5.02 Å². The summed E-state index contributed by atoms with van der Waals surface area (Å²) in [7, 11) is 0. The minimum Gasteiger partial charge on any atom is -0.250 e. The average Bonchev–Trinajstić information content (AvgIpc) is 2.90. The standard InChI is InChI=1S/C18H18ClN3O/c1-13(2)15-5-9-17(10-6-15)21-12-20-22(18(21)23)11-14-3-7-16(19)8-4-14/h3-10,12-13H,11H2,1-2H3. The molecule has 2 aromatic carbocycles. The number of benzene rings is 2. The highest BCUT2D eigenvalue weighted by Crippen LogP contribution is 2.16. The van der Waals surface area contributed by atoms with Gasteiger partial charge in [-0.15, -0.1) is 0 Å². The Kier molecular flexibility index (Phi) is 4.35. The monoisotopic (exact) mass is 327 g/mol. The minimum atomic E-state index is -0.155. The Morgan fingerprint density at radius 3 is 2.30 bits per heavy atom. The second kappa shape index (κ2) is 6.42. The molecule has 0 aliphatic rings. The number of hydrogen-bond donors (Lipinski definition) is 0. The predicted octanol–water partition coefficient (Wildman–Crippen LogP) is 3.86. The Labute approximate surface area is 140 Å². The molecule has 1 heterocycles. The van der Waals surface area contributed by atoms with Crippen LogP contribution in [-0.2, 0) is 6.54 Å². The number of hydrogen-bond acceptors (Lipinski definition) is 2. The molecule has 0 atom stereocenters. The lowest BCUT2D eigenvalue weighted by atomic mass is 10.0. The van der Waals surface area contributed by atoms with E-state index in [9.17, 15) is 4.79 Å². The Bertz CT molecular complexity index is 845. The second-order valence-electron chi connectivity index (χ2n) is 5.81. The molecule has 0 fully saturated rings. The molecule has 3 aromatic rings. The molecule has 0 spiro atoms. The quantitative estimate of drug-likeness (QED) is 0.730. The first-order valence-corrected chi connectivity index (χ1v) is 7.91. The van der Waals surface area contributed by atoms with E-state index in [4.69, 9.17) is 11.6 Å². The molecule has 5 heteroatoms. The molecule has 0 aliphatic carbocycles. The van der Waals surface area contributed by atoms with Gasteiger partial charge < -0.3 is 0 Å². The van der Waals surface area contributed by atoms with Crippen molar-refractivity contribution in [1.29, 1.82) is 0 Å². The lowest BCUT2D eigenvalue weighted by Crippen LogP contribution is -2.24. The third kappa shape index (κ3) is 3.37. The molecule has 0 N–H and O–H groups in total. The van der Waals surface area contributed by atoms with Gasteiger partial charge >= 0.3 is 5.69 Å². The van der Waals surface area contributed by atoms with E-state index in [1.165, 1.54) is 10.2 Å². The van der Waals surface area contributed by atoms with Crippen LogP contribution in [0.1, 0.15) is 30.9 Å². The smallest absolute Gasteiger partial charge is 0.250 e. The highest BCUT2D eigenvalue weighted by atomic mass is 35.5. The van der Waals surface area contributed by atoms with E-state index in [2.05, 4.69) is 18.9 Å². The van der Waals surface area contributed by atoms with Crippen molar-refractivity contribution in [3.63, 3.8) is 0 Å². The van der Waals surface area contributed by atoms with Crippen LogP contribution in [-0.4, -0.2) is 14.3 Å². The first-order valence-electron chi connectivity index (χ1n) is 7.54. The lowest BCUT2D eigenvalue weighted by molar-refractivity contribution is 0.653. The summed E-state index contributed by atoms with van der Waals surface area (Å²) in [5.41, 5.74) is 2.89. The van der Waals surface area contributed by atoms with Crippen molar-refractivity contribution in [3.05, 3.63) is 81.5 Å². The van der Waals surface area contributed by atoms with Gasteiger partial charge in [-0.2, -0.15) is 5.10 Å². The number of rotatable bonds is 4. The topological polar surface area (TPSA) is 39.8 Å². The molecule has 0 amide bonds. The third-order valence-corrected chi connectivity index (χ3v) is 4.07. The van der Waals surface area contributed by atoms with Crippen LogP contribution >= 0.6 is 11.6 Å². The molecule has 4 nitrogen and oxygen atoms in total. The molecule has 0 radical (unpaired) electrons. The summed E-state index contributed by atoms with van der Waals surface area (Å²) < 4.78 is 3.00. The molecule has 0 unspecified atom stereocenters. The van der Waals surface area contributed by atoms with E-state index in [0.717, 1.165) is 11.3 Å². The fourth-order valence-corrected chi connectivity index (χ4v) is 2.53. The van der Waals surface area contributed by atoms with Crippen LogP contribution in [0, 0.1) is 0 Å². The van der Waals surface area contributed by atoms with E-state index in [-0.39, 0.29) is 5.69 Å². The molecule has 3 rings (SSSR count). The first kappa shape index (κ1) is 15.6. The van der Waals surface area contributed by atoms with E-state index in [0.29, 0.717) is 17.5 Å². The van der Waals surface area contributed by atoms with Crippen molar-refractivity contribution in [3.8, 4) is 5.69 Å². The molecule has 0 bridgehead atoms. The highest BCUT2D eigenvalue weighted by molar-refractivity contribution is 6.30. The Morgan fingerprint density at radius 1 is 1.04 bits per heavy atom. The number of aromatic nitrogens is 3. The summed E-state index contributed by atoms with van der Waals surface area (Å²) in [4.78, 5) is 12.5. The van der Waals surface area contributed by atoms with Crippen molar-refractivity contribution >= 4 is 11.6 Å².